The van der Waals surface area contributed by atoms with Crippen molar-refractivity contribution in [1.29, 1.82) is 0 Å². The first kappa shape index (κ1) is 20.5. The molecule has 8 nitrogen and oxygen atoms in total. The van der Waals surface area contributed by atoms with E-state index >= 15 is 0 Å². The number of anilines is 1. The number of tetrazole rings is 1. The largest absolute Gasteiger partial charge is 0.468 e. The van der Waals surface area contributed by atoms with Crippen molar-refractivity contribution in [2.75, 3.05) is 11.9 Å². The van der Waals surface area contributed by atoms with Gasteiger partial charge in [0, 0.05) is 30.6 Å². The average Bonchev–Trinajstić information content (AvgIpc) is 3.09. The van der Waals surface area contributed by atoms with Gasteiger partial charge in [-0.15, -0.1) is 5.10 Å². The second kappa shape index (κ2) is 8.39. The predicted octanol–water partition coefficient (Wildman–Crippen LogP) is 2.38. The highest BCUT2D eigenvalue weighted by atomic mass is 19.4. The molecule has 0 spiro atoms. The fourth-order valence-electron chi connectivity index (χ4n) is 2.57. The van der Waals surface area contributed by atoms with Crippen molar-refractivity contribution in [1.82, 2.24) is 25.2 Å². The van der Waals surface area contributed by atoms with Crippen LogP contribution in [0.5, 0.6) is 5.88 Å². The van der Waals surface area contributed by atoms with E-state index in [2.05, 4.69) is 30.6 Å². The van der Waals surface area contributed by atoms with E-state index in [9.17, 15) is 22.7 Å². The number of aliphatic hydroxyl groups is 1. The molecule has 3 rings (SSSR count). The van der Waals surface area contributed by atoms with Crippen molar-refractivity contribution in [2.24, 2.45) is 7.05 Å². The molecule has 0 aliphatic rings. The topological polar surface area (TPSA) is 98.0 Å². The number of aryl methyl sites for hydroxylation is 1. The summed E-state index contributed by atoms with van der Waals surface area (Å²) in [5.74, 6) is -0.400. The number of nitrogens with zero attached hydrogens (tertiary/aromatic N) is 5. The van der Waals surface area contributed by atoms with Gasteiger partial charge in [0.15, 0.2) is 12.4 Å². The second-order valence-corrected chi connectivity index (χ2v) is 6.08. The first-order chi connectivity index (χ1) is 13.7. The molecule has 29 heavy (non-hydrogen) atoms. The lowest BCUT2D eigenvalue weighted by atomic mass is 10.1. The zero-order valence-corrected chi connectivity index (χ0v) is 15.1. The summed E-state index contributed by atoms with van der Waals surface area (Å²) < 4.78 is 56.6. The normalized spacial score (nSPS) is 12.6. The molecule has 0 amide bonds. The number of ether oxygens (including phenoxy) is 1. The molecule has 3 aromatic rings. The summed E-state index contributed by atoms with van der Waals surface area (Å²) in [6.07, 6.45) is -3.17. The Morgan fingerprint density at radius 3 is 2.62 bits per heavy atom. The molecule has 2 N–H and O–H groups in total. The number of aromatic nitrogens is 5. The zero-order chi connectivity index (χ0) is 21.0. The highest BCUT2D eigenvalue weighted by Crippen LogP contribution is 2.27. The second-order valence-electron chi connectivity index (χ2n) is 6.08. The van der Waals surface area contributed by atoms with Crippen LogP contribution in [0.3, 0.4) is 0 Å². The summed E-state index contributed by atoms with van der Waals surface area (Å²) in [4.78, 5) is 3.88. The molecule has 1 aromatic carbocycles. The van der Waals surface area contributed by atoms with E-state index in [1.54, 1.807) is 13.1 Å². The van der Waals surface area contributed by atoms with Gasteiger partial charge >= 0.3 is 6.18 Å². The molecular formula is C17H16F4N6O2. The van der Waals surface area contributed by atoms with Crippen molar-refractivity contribution in [2.45, 2.75) is 18.8 Å². The molecule has 0 saturated carbocycles. The van der Waals surface area contributed by atoms with Gasteiger partial charge in [-0.3, -0.25) is 0 Å². The van der Waals surface area contributed by atoms with E-state index in [-0.39, 0.29) is 12.5 Å². The lowest BCUT2D eigenvalue weighted by Gasteiger charge is -2.19. The summed E-state index contributed by atoms with van der Waals surface area (Å²) in [6.45, 7) is -1.81. The van der Waals surface area contributed by atoms with Crippen molar-refractivity contribution >= 4 is 5.69 Å². The minimum atomic E-state index is -4.48. The summed E-state index contributed by atoms with van der Waals surface area (Å²) in [5.41, 5.74) is 1.20. The van der Waals surface area contributed by atoms with Crippen molar-refractivity contribution < 1.29 is 27.4 Å². The minimum Gasteiger partial charge on any atom is -0.468 e. The zero-order valence-electron chi connectivity index (χ0n) is 15.1. The number of nitrogens with one attached hydrogen (secondary N) is 1. The van der Waals surface area contributed by atoms with Crippen molar-refractivity contribution in [3.05, 3.63) is 59.3 Å². The molecular weight excluding hydrogens is 396 g/mol. The Morgan fingerprint density at radius 1 is 1.24 bits per heavy atom. The van der Waals surface area contributed by atoms with Crippen LogP contribution in [0.2, 0.25) is 0 Å². The molecule has 0 fully saturated rings. The Morgan fingerprint density at radius 2 is 2.03 bits per heavy atom. The third-order valence-electron chi connectivity index (χ3n) is 3.84. The third-order valence-corrected chi connectivity index (χ3v) is 3.84. The van der Waals surface area contributed by atoms with Gasteiger partial charge in [0.1, 0.15) is 11.9 Å². The van der Waals surface area contributed by atoms with Gasteiger partial charge in [-0.1, -0.05) is 0 Å². The fourth-order valence-corrected chi connectivity index (χ4v) is 2.57. The lowest BCUT2D eigenvalue weighted by Crippen LogP contribution is -2.20. The maximum absolute atomic E-state index is 13.8. The van der Waals surface area contributed by atoms with Gasteiger partial charge in [-0.2, -0.15) is 13.2 Å². The molecule has 0 aliphatic heterocycles. The number of hydrogen-bond acceptors (Lipinski definition) is 7. The monoisotopic (exact) mass is 412 g/mol. The maximum Gasteiger partial charge on any atom is 0.422 e. The quantitative estimate of drug-likeness (QED) is 0.575. The SMILES string of the molecule is Cn1nnnc1C(Nc1cc(F)cc(CO)c1)c1ccc(OCC(F)(F)F)nc1. The van der Waals surface area contributed by atoms with Crippen LogP contribution < -0.4 is 10.1 Å². The van der Waals surface area contributed by atoms with Gasteiger partial charge in [-0.05, 0) is 40.3 Å². The van der Waals surface area contributed by atoms with Gasteiger partial charge in [0.2, 0.25) is 5.88 Å². The minimum absolute atomic E-state index is 0.200. The van der Waals surface area contributed by atoms with Crippen LogP contribution in [-0.4, -0.2) is 43.1 Å². The Labute approximate surface area is 162 Å². The van der Waals surface area contributed by atoms with Gasteiger partial charge in [-0.25, -0.2) is 14.1 Å². The third kappa shape index (κ3) is 5.38. The van der Waals surface area contributed by atoms with Crippen LogP contribution in [0.1, 0.15) is 23.0 Å². The smallest absolute Gasteiger partial charge is 0.422 e. The Kier molecular flexibility index (Phi) is 5.92. The first-order valence-corrected chi connectivity index (χ1v) is 8.30. The van der Waals surface area contributed by atoms with Gasteiger partial charge < -0.3 is 15.2 Å². The Hall–Kier alpha value is -3.28. The fraction of sp³-hybridized carbons (Fsp3) is 0.294. The van der Waals surface area contributed by atoms with Crippen molar-refractivity contribution in [3.63, 3.8) is 0 Å². The first-order valence-electron chi connectivity index (χ1n) is 8.30. The van der Waals surface area contributed by atoms with Gasteiger partial charge in [0.25, 0.3) is 0 Å². The van der Waals surface area contributed by atoms with E-state index < -0.39 is 24.6 Å². The standard InChI is InChI=1S/C17H16F4N6O2/c1-27-16(24-25-26-27)15(23-13-5-10(8-28)4-12(18)6-13)11-2-3-14(22-7-11)29-9-17(19,20)21/h2-7,15,23,28H,8-9H2,1H3. The molecule has 1 atom stereocenters. The molecule has 0 radical (unpaired) electrons. The molecule has 1 unspecified atom stereocenters. The predicted molar refractivity (Wildman–Crippen MR) is 92.4 cm³/mol. The van der Waals surface area contributed by atoms with Crippen LogP contribution in [0.4, 0.5) is 23.2 Å². The molecule has 2 heterocycles. The lowest BCUT2D eigenvalue weighted by molar-refractivity contribution is -0.154. The molecule has 0 bridgehead atoms. The van der Waals surface area contributed by atoms with Crippen LogP contribution in [0.15, 0.2) is 36.5 Å². The summed E-state index contributed by atoms with van der Waals surface area (Å²) in [5, 5.41) is 23.6. The number of alkyl halides is 3. The van der Waals surface area contributed by atoms with E-state index in [1.165, 1.54) is 35.1 Å². The van der Waals surface area contributed by atoms with E-state index in [1.807, 2.05) is 0 Å². The number of halogens is 4. The number of hydrogen-bond donors (Lipinski definition) is 2. The Bertz CT molecular complexity index is 961. The molecule has 12 heteroatoms. The highest BCUT2D eigenvalue weighted by Gasteiger charge is 2.29. The van der Waals surface area contributed by atoms with Crippen LogP contribution >= 0.6 is 0 Å². The number of benzene rings is 1. The highest BCUT2D eigenvalue weighted by molar-refractivity contribution is 5.49. The number of pyridine rings is 1. The number of aliphatic hydroxyl groups excluding tert-OH is 1. The molecule has 2 aromatic heterocycles. The van der Waals surface area contributed by atoms with E-state index in [0.29, 0.717) is 22.6 Å². The van der Waals surface area contributed by atoms with E-state index in [0.717, 1.165) is 0 Å². The molecule has 0 saturated heterocycles. The summed E-state index contributed by atoms with van der Waals surface area (Å²) in [6, 6.07) is 6.05. The van der Waals surface area contributed by atoms with Gasteiger partial charge in [0.05, 0.1) is 6.61 Å². The van der Waals surface area contributed by atoms with Crippen LogP contribution in [0.25, 0.3) is 0 Å². The molecule has 154 valence electrons. The van der Waals surface area contributed by atoms with E-state index in [4.69, 9.17) is 0 Å². The summed E-state index contributed by atoms with van der Waals surface area (Å²) >= 11 is 0. The number of rotatable bonds is 7. The maximum atomic E-state index is 13.8. The van der Waals surface area contributed by atoms with Crippen molar-refractivity contribution in [3.8, 4) is 5.88 Å². The van der Waals surface area contributed by atoms with Crippen LogP contribution in [0, 0.1) is 5.82 Å². The van der Waals surface area contributed by atoms with Crippen LogP contribution in [-0.2, 0) is 13.7 Å². The Balaban J connectivity index is 1.89. The summed E-state index contributed by atoms with van der Waals surface area (Å²) in [7, 11) is 1.60. The average molecular weight is 412 g/mol. The molecule has 0 aliphatic carbocycles.